The number of hydrazone groups is 1. The minimum absolute atomic E-state index is 0.112. The minimum atomic E-state index is -1.24. The molecule has 1 amide bonds. The van der Waals surface area contributed by atoms with Crippen molar-refractivity contribution in [1.82, 2.24) is 0 Å². The third-order valence-corrected chi connectivity index (χ3v) is 3.60. The molecule has 6 nitrogen and oxygen atoms in total. The second-order valence-electron chi connectivity index (χ2n) is 4.81. The van der Waals surface area contributed by atoms with Crippen LogP contribution in [0.2, 0.25) is 0 Å². The number of benzene rings is 1. The van der Waals surface area contributed by atoms with Crippen molar-refractivity contribution < 1.29 is 14.3 Å². The van der Waals surface area contributed by atoms with E-state index in [1.807, 2.05) is 12.1 Å². The summed E-state index contributed by atoms with van der Waals surface area (Å²) in [7, 11) is 1.25. The van der Waals surface area contributed by atoms with Crippen molar-refractivity contribution in [2.24, 2.45) is 10.5 Å². The zero-order valence-electron chi connectivity index (χ0n) is 11.9. The lowest BCUT2D eigenvalue weighted by molar-refractivity contribution is -0.144. The molecule has 0 aromatic heterocycles. The van der Waals surface area contributed by atoms with Gasteiger partial charge in [0.05, 0.1) is 37.4 Å². The van der Waals surface area contributed by atoms with Crippen molar-refractivity contribution >= 4 is 23.3 Å². The Morgan fingerprint density at radius 1 is 1.43 bits per heavy atom. The van der Waals surface area contributed by atoms with Crippen molar-refractivity contribution in [3.8, 4) is 6.07 Å². The maximum Gasteiger partial charge on any atom is 0.307 e. The van der Waals surface area contributed by atoms with Gasteiger partial charge in [-0.05, 0) is 19.1 Å². The fraction of sp³-hybridized carbons (Fsp3) is 0.333. The van der Waals surface area contributed by atoms with Gasteiger partial charge >= 0.3 is 5.97 Å². The number of hydrogen-bond acceptors (Lipinski definition) is 5. The second-order valence-corrected chi connectivity index (χ2v) is 4.81. The topological polar surface area (TPSA) is 82.8 Å². The number of rotatable bonds is 4. The SMILES string of the molecule is COC(=O)CC1(CC#N)C(=O)N(c2ccccc2)N=C1C. The van der Waals surface area contributed by atoms with Crippen molar-refractivity contribution in [2.75, 3.05) is 12.1 Å². The van der Waals surface area contributed by atoms with Gasteiger partial charge in [-0.15, -0.1) is 0 Å². The number of anilines is 1. The molecule has 0 aliphatic carbocycles. The van der Waals surface area contributed by atoms with Crippen LogP contribution >= 0.6 is 0 Å². The summed E-state index contributed by atoms with van der Waals surface area (Å²) in [5.41, 5.74) is -0.188. The zero-order valence-corrected chi connectivity index (χ0v) is 11.9. The number of carbonyl (C=O) groups excluding carboxylic acids is 2. The fourth-order valence-electron chi connectivity index (χ4n) is 2.32. The Morgan fingerprint density at radius 2 is 2.10 bits per heavy atom. The Labute approximate surface area is 122 Å². The first-order valence-corrected chi connectivity index (χ1v) is 6.44. The molecule has 1 unspecified atom stereocenters. The van der Waals surface area contributed by atoms with E-state index in [4.69, 9.17) is 5.26 Å². The molecule has 0 spiro atoms. The molecule has 0 N–H and O–H groups in total. The van der Waals surface area contributed by atoms with E-state index in [1.165, 1.54) is 12.1 Å². The third-order valence-electron chi connectivity index (χ3n) is 3.60. The van der Waals surface area contributed by atoms with Gasteiger partial charge in [0.2, 0.25) is 0 Å². The van der Waals surface area contributed by atoms with Gasteiger partial charge in [0.15, 0.2) is 0 Å². The molecule has 1 aliphatic rings. The second kappa shape index (κ2) is 5.75. The average molecular weight is 285 g/mol. The number of methoxy groups -OCH3 is 1. The standard InChI is InChI=1S/C15H15N3O3/c1-11-15(8-9-16,10-13(19)21-2)14(20)18(17-11)12-6-4-3-5-7-12/h3-7H,8,10H2,1-2H3. The molecule has 0 radical (unpaired) electrons. The van der Waals surface area contributed by atoms with Crippen LogP contribution in [-0.2, 0) is 14.3 Å². The first-order valence-electron chi connectivity index (χ1n) is 6.44. The summed E-state index contributed by atoms with van der Waals surface area (Å²) in [5.74, 6) is -0.916. The third kappa shape index (κ3) is 2.50. The molecule has 0 saturated heterocycles. The average Bonchev–Trinajstić information content (AvgIpc) is 2.73. The number of hydrogen-bond donors (Lipinski definition) is 0. The number of nitriles is 1. The van der Waals surface area contributed by atoms with Crippen LogP contribution in [0.5, 0.6) is 0 Å². The van der Waals surface area contributed by atoms with Gasteiger partial charge in [-0.3, -0.25) is 9.59 Å². The molecule has 6 heteroatoms. The van der Waals surface area contributed by atoms with Gasteiger partial charge in [0, 0.05) is 0 Å². The van der Waals surface area contributed by atoms with Crippen LogP contribution in [0.1, 0.15) is 19.8 Å². The molecule has 0 bridgehead atoms. The molecule has 1 aromatic rings. The number of ether oxygens (including phenoxy) is 1. The normalized spacial score (nSPS) is 20.9. The van der Waals surface area contributed by atoms with Crippen molar-refractivity contribution in [3.05, 3.63) is 30.3 Å². The predicted octanol–water partition coefficient (Wildman–Crippen LogP) is 1.87. The van der Waals surface area contributed by atoms with E-state index >= 15 is 0 Å². The highest BCUT2D eigenvalue weighted by molar-refractivity contribution is 6.20. The Balaban J connectivity index is 2.40. The van der Waals surface area contributed by atoms with Crippen molar-refractivity contribution in [3.63, 3.8) is 0 Å². The fourth-order valence-corrected chi connectivity index (χ4v) is 2.32. The number of carbonyl (C=O) groups is 2. The molecular formula is C15H15N3O3. The monoisotopic (exact) mass is 285 g/mol. The quantitative estimate of drug-likeness (QED) is 0.791. The van der Waals surface area contributed by atoms with E-state index in [1.54, 1.807) is 31.2 Å². The van der Waals surface area contributed by atoms with E-state index in [0.717, 1.165) is 0 Å². The van der Waals surface area contributed by atoms with Crippen molar-refractivity contribution in [2.45, 2.75) is 19.8 Å². The maximum atomic E-state index is 12.7. The highest BCUT2D eigenvalue weighted by Gasteiger charge is 2.51. The van der Waals surface area contributed by atoms with Gasteiger partial charge in [0.1, 0.15) is 5.41 Å². The lowest BCUT2D eigenvalue weighted by Crippen LogP contribution is -2.41. The number of para-hydroxylation sites is 1. The number of amides is 1. The lowest BCUT2D eigenvalue weighted by Gasteiger charge is -2.24. The van der Waals surface area contributed by atoms with Crippen LogP contribution in [0.25, 0.3) is 0 Å². The Bertz CT molecular complexity index is 633. The Morgan fingerprint density at radius 3 is 2.67 bits per heavy atom. The van der Waals surface area contributed by atoms with E-state index < -0.39 is 11.4 Å². The summed E-state index contributed by atoms with van der Waals surface area (Å²) in [4.78, 5) is 24.4. The molecule has 21 heavy (non-hydrogen) atoms. The van der Waals surface area contributed by atoms with Crippen LogP contribution in [0, 0.1) is 16.7 Å². The number of esters is 1. The number of nitrogens with zero attached hydrogens (tertiary/aromatic N) is 3. The zero-order chi connectivity index (χ0) is 15.5. The van der Waals surface area contributed by atoms with Crippen molar-refractivity contribution in [1.29, 1.82) is 5.26 Å². The molecule has 0 saturated carbocycles. The maximum absolute atomic E-state index is 12.7. The van der Waals surface area contributed by atoms with Gasteiger partial charge in [-0.25, -0.2) is 0 Å². The molecule has 1 aliphatic heterocycles. The molecular weight excluding hydrogens is 270 g/mol. The van der Waals surface area contributed by atoms with E-state index in [9.17, 15) is 9.59 Å². The summed E-state index contributed by atoms with van der Waals surface area (Å²) in [6.07, 6.45) is -0.297. The van der Waals surface area contributed by atoms with Gasteiger partial charge < -0.3 is 4.74 Å². The smallest absolute Gasteiger partial charge is 0.307 e. The molecule has 2 rings (SSSR count). The van der Waals surface area contributed by atoms with Crippen LogP contribution < -0.4 is 5.01 Å². The summed E-state index contributed by atoms with van der Waals surface area (Å²) in [6, 6.07) is 10.9. The summed E-state index contributed by atoms with van der Waals surface area (Å²) < 4.78 is 4.65. The lowest BCUT2D eigenvalue weighted by atomic mass is 9.77. The van der Waals surface area contributed by atoms with Crippen LogP contribution in [-0.4, -0.2) is 24.7 Å². The Hall–Kier alpha value is -2.68. The molecule has 108 valence electrons. The highest BCUT2D eigenvalue weighted by atomic mass is 16.5. The predicted molar refractivity (Wildman–Crippen MR) is 76.3 cm³/mol. The van der Waals surface area contributed by atoms with E-state index in [0.29, 0.717) is 11.4 Å². The van der Waals surface area contributed by atoms with Gasteiger partial charge in [-0.1, -0.05) is 18.2 Å². The first-order chi connectivity index (χ1) is 10.0. The summed E-state index contributed by atoms with van der Waals surface area (Å²) in [5, 5.41) is 14.5. The van der Waals surface area contributed by atoms with E-state index in [2.05, 4.69) is 9.84 Å². The summed E-state index contributed by atoms with van der Waals surface area (Å²) >= 11 is 0. The summed E-state index contributed by atoms with van der Waals surface area (Å²) in [6.45, 7) is 1.65. The van der Waals surface area contributed by atoms with Crippen LogP contribution in [0.4, 0.5) is 5.69 Å². The van der Waals surface area contributed by atoms with Gasteiger partial charge in [0.25, 0.3) is 5.91 Å². The molecule has 1 heterocycles. The highest BCUT2D eigenvalue weighted by Crippen LogP contribution is 2.38. The first kappa shape index (κ1) is 14.7. The minimum Gasteiger partial charge on any atom is -0.469 e. The Kier molecular flexibility index (Phi) is 4.03. The van der Waals surface area contributed by atoms with Crippen LogP contribution in [0.15, 0.2) is 35.4 Å². The van der Waals surface area contributed by atoms with Gasteiger partial charge in [-0.2, -0.15) is 15.4 Å². The molecule has 1 aromatic carbocycles. The molecule has 1 atom stereocenters. The van der Waals surface area contributed by atoms with Crippen LogP contribution in [0.3, 0.4) is 0 Å². The largest absolute Gasteiger partial charge is 0.469 e. The molecule has 0 fully saturated rings. The van der Waals surface area contributed by atoms with E-state index in [-0.39, 0.29) is 18.7 Å².